The number of rotatable bonds is 26. The van der Waals surface area contributed by atoms with Crippen molar-refractivity contribution in [3.05, 3.63) is 95.6 Å². The van der Waals surface area contributed by atoms with E-state index in [0.717, 1.165) is 16.0 Å². The molecule has 20 nitrogen and oxygen atoms in total. The van der Waals surface area contributed by atoms with Crippen LogP contribution in [0.15, 0.2) is 94.9 Å². The molecular weight excluding hydrogens is 1220 g/mol. The van der Waals surface area contributed by atoms with Crippen molar-refractivity contribution >= 4 is 45.0 Å². The van der Waals surface area contributed by atoms with E-state index in [1.54, 1.807) is 32.9 Å². The highest BCUT2D eigenvalue weighted by molar-refractivity contribution is 7.89. The minimum atomic E-state index is -4.03. The Morgan fingerprint density at radius 3 is 2.18 bits per heavy atom. The molecule has 5 N–H and O–H groups in total. The van der Waals surface area contributed by atoms with Gasteiger partial charge in [0.25, 0.3) is 11.7 Å². The van der Waals surface area contributed by atoms with E-state index in [9.17, 15) is 62.7 Å². The van der Waals surface area contributed by atoms with Crippen molar-refractivity contribution < 1.29 is 86.4 Å². The summed E-state index contributed by atoms with van der Waals surface area (Å²) in [7, 11) is 0.455. The fourth-order valence-corrected chi connectivity index (χ4v) is 15.8. The molecule has 524 valence electrons. The van der Waals surface area contributed by atoms with Gasteiger partial charge in [-0.25, -0.2) is 13.2 Å². The number of benzene rings is 2. The zero-order valence-corrected chi connectivity index (χ0v) is 58.0. The quantitative estimate of drug-likeness (QED) is 0.0334. The summed E-state index contributed by atoms with van der Waals surface area (Å²) in [4.78, 5) is 86.6. The highest BCUT2D eigenvalue weighted by Crippen LogP contribution is 2.40. The smallest absolute Gasteiger partial charge is 0.329 e. The summed E-state index contributed by atoms with van der Waals surface area (Å²) in [6.07, 6.45) is 5.72. The Morgan fingerprint density at radius 2 is 1.52 bits per heavy atom. The molecule has 0 aromatic heterocycles. The van der Waals surface area contributed by atoms with E-state index in [1.165, 1.54) is 37.8 Å². The van der Waals surface area contributed by atoms with Gasteiger partial charge in [-0.15, -0.1) is 0 Å². The molecule has 94 heavy (non-hydrogen) atoms. The Kier molecular flexibility index (Phi) is 30.5. The zero-order valence-electron chi connectivity index (χ0n) is 57.1. The number of sulfonamides is 1. The van der Waals surface area contributed by atoms with Crippen molar-refractivity contribution in [3.8, 4) is 5.75 Å². The average Bonchev–Trinajstić information content (AvgIpc) is 0.775. The number of ketones is 4. The van der Waals surface area contributed by atoms with E-state index >= 15 is 0 Å². The van der Waals surface area contributed by atoms with Gasteiger partial charge in [0, 0.05) is 96.2 Å². The summed E-state index contributed by atoms with van der Waals surface area (Å²) in [5.74, 6) is -9.53. The van der Waals surface area contributed by atoms with Gasteiger partial charge in [-0.2, -0.15) is 4.31 Å². The number of ether oxygens (including phenoxy) is 5. The molecule has 0 radical (unpaired) electrons. The number of aliphatic hydroxyl groups excluding tert-OH is 4. The molecule has 2 bridgehead atoms. The molecule has 0 unspecified atom stereocenters. The summed E-state index contributed by atoms with van der Waals surface area (Å²) >= 11 is 0. The van der Waals surface area contributed by atoms with Crippen LogP contribution in [0.3, 0.4) is 0 Å². The maximum Gasteiger partial charge on any atom is 0.329 e. The minimum Gasteiger partial charge on any atom is -0.497 e. The lowest BCUT2D eigenvalue weighted by atomic mass is 9.78. The van der Waals surface area contributed by atoms with Crippen molar-refractivity contribution in [2.24, 2.45) is 47.3 Å². The summed E-state index contributed by atoms with van der Waals surface area (Å²) in [6, 6.07) is 14.2. The average molecular weight is 1330 g/mol. The van der Waals surface area contributed by atoms with Crippen LogP contribution in [0.4, 0.5) is 0 Å². The number of carbonyl (C=O) groups excluding carboxylic acids is 6. The summed E-state index contributed by atoms with van der Waals surface area (Å²) in [6.45, 7) is 12.5. The molecule has 4 aliphatic rings. The van der Waals surface area contributed by atoms with Gasteiger partial charge < -0.3 is 54.1 Å². The third kappa shape index (κ3) is 21.6. The van der Waals surface area contributed by atoms with Crippen LogP contribution in [0.25, 0.3) is 0 Å². The molecule has 6 rings (SSSR count). The van der Waals surface area contributed by atoms with Gasteiger partial charge in [-0.05, 0) is 156 Å². The Morgan fingerprint density at radius 1 is 0.840 bits per heavy atom. The lowest BCUT2D eigenvalue weighted by Gasteiger charge is -2.47. The van der Waals surface area contributed by atoms with E-state index < -0.39 is 106 Å². The second-order valence-electron chi connectivity index (χ2n) is 27.7. The van der Waals surface area contributed by atoms with Crippen LogP contribution >= 0.6 is 0 Å². The Balaban J connectivity index is 1.18. The van der Waals surface area contributed by atoms with E-state index in [2.05, 4.69) is 0 Å². The predicted molar refractivity (Wildman–Crippen MR) is 355 cm³/mol. The van der Waals surface area contributed by atoms with Crippen LogP contribution in [0.1, 0.15) is 163 Å². The van der Waals surface area contributed by atoms with E-state index in [-0.39, 0.29) is 130 Å². The third-order valence-corrected chi connectivity index (χ3v) is 21.5. The number of hydrogen-bond acceptors (Lipinski definition) is 18. The Hall–Kier alpha value is -5.33. The Bertz CT molecular complexity index is 3010. The fraction of sp³-hybridized carbons (Fsp3) is 0.671. The van der Waals surface area contributed by atoms with E-state index in [4.69, 9.17) is 23.7 Å². The topological polar surface area (TPSA) is 290 Å². The lowest BCUT2D eigenvalue weighted by Crippen LogP contribution is -2.64. The highest BCUT2D eigenvalue weighted by Gasteiger charge is 2.57. The van der Waals surface area contributed by atoms with Crippen LogP contribution in [-0.2, 0) is 64.2 Å². The largest absolute Gasteiger partial charge is 0.497 e. The molecule has 2 aromatic rings. The predicted octanol–water partition coefficient (Wildman–Crippen LogP) is 8.66. The number of hydrogen-bond donors (Lipinski definition) is 5. The summed E-state index contributed by atoms with van der Waals surface area (Å²) in [5.41, 5.74) is 2.31. The molecule has 16 atom stereocenters. The SMILES string of the molecule is COc1ccc(S(=O)(=O)N(CC(C)C)C[C@H](O)[C@H](CC(=O)CCCC(=O)CC/C=C/C[C@@H]2/C=C(\C)C[C@H](C)C[C@H](OC)[C@H]3O[C@@](O)(C(=O)C(=O)N4CCCC[C@H]4C(=O)O[C@H](/C(C)=C/[C@@H]4CC[C@@H](O)[C@H](CO)C4)[C@H](C)[C@@H](O)CC2=O)[C@H](C)C[C@@H]3OC)Cc2ccccc2)cc1. The van der Waals surface area contributed by atoms with Crippen LogP contribution in [0.2, 0.25) is 0 Å². The molecule has 1 saturated carbocycles. The number of allylic oxidation sites excluding steroid dienone is 5. The molecule has 1 amide bonds. The lowest BCUT2D eigenvalue weighted by molar-refractivity contribution is -0.302. The van der Waals surface area contributed by atoms with Crippen LogP contribution < -0.4 is 4.74 Å². The fourth-order valence-electron chi connectivity index (χ4n) is 14.1. The Labute approximate surface area is 557 Å². The van der Waals surface area contributed by atoms with Crippen molar-refractivity contribution in [3.63, 3.8) is 0 Å². The number of fused-ring (bicyclic) bond motifs is 3. The number of aliphatic hydroxyl groups is 5. The normalized spacial score (nSPS) is 30.5. The number of carbonyl (C=O) groups is 6. The molecule has 2 aromatic carbocycles. The second-order valence-corrected chi connectivity index (χ2v) is 29.6. The molecule has 3 fully saturated rings. The number of methoxy groups -OCH3 is 3. The molecule has 21 heteroatoms. The molecule has 1 aliphatic carbocycles. The van der Waals surface area contributed by atoms with Gasteiger partial charge in [0.15, 0.2) is 0 Å². The van der Waals surface area contributed by atoms with Gasteiger partial charge in [0.05, 0.1) is 42.5 Å². The van der Waals surface area contributed by atoms with Gasteiger partial charge in [-0.3, -0.25) is 24.0 Å². The van der Waals surface area contributed by atoms with Gasteiger partial charge >= 0.3 is 5.97 Å². The first-order valence-electron chi connectivity index (χ1n) is 34.1. The number of cyclic esters (lactones) is 1. The van der Waals surface area contributed by atoms with Gasteiger partial charge in [0.2, 0.25) is 15.8 Å². The summed E-state index contributed by atoms with van der Waals surface area (Å²) < 4.78 is 59.1. The van der Waals surface area contributed by atoms with Crippen LogP contribution in [0, 0.1) is 47.3 Å². The monoisotopic (exact) mass is 1330 g/mol. The first-order valence-corrected chi connectivity index (χ1v) is 35.5. The number of amides is 1. The highest BCUT2D eigenvalue weighted by atomic mass is 32.2. The van der Waals surface area contributed by atoms with Crippen molar-refractivity contribution in [1.82, 2.24) is 9.21 Å². The van der Waals surface area contributed by atoms with E-state index in [1.807, 2.05) is 82.3 Å². The number of piperidine rings is 1. The molecule has 2 saturated heterocycles. The minimum absolute atomic E-state index is 0.0219. The van der Waals surface area contributed by atoms with Crippen molar-refractivity contribution in [2.45, 2.75) is 223 Å². The maximum atomic E-state index is 14.7. The molecular formula is C73H108N2O18S. The zero-order chi connectivity index (χ0) is 69.0. The first-order chi connectivity index (χ1) is 44.6. The second kappa shape index (κ2) is 36.9. The van der Waals surface area contributed by atoms with Crippen LogP contribution in [-0.4, -0.2) is 180 Å². The standard InChI is InChI=1S/C73H108N2O18S/c1-46(2)43-74(94(87,88)60-30-28-59(89-8)29-31-60)44-65(82)55(39-52-20-13-11-14-21-52)41-58(78)25-19-24-57(77)23-16-12-15-22-54-35-47(3)34-48(4)36-66(90-9)69-67(91-10)38-50(6)73(86,93-69)70(83)71(84)75-33-18-17-26-61(75)72(85)92-68(51(7)63(80)42-64(54)81)49(5)37-53-27-32-62(79)56(40-53)45-76/h11-15,20-21,28-31,35,37,46,48,50-51,53-56,61-63,65-69,76,79-80,82,86H,16-19,22-27,32-34,36,38-45H2,1-10H3/b15-12+,47-35+,49-37+/t48-,50+,51+,53-,54+,55-,56-,61-,62+,63-,65-,66-,67-,68+,69+,73+/m0/s1. The van der Waals surface area contributed by atoms with Gasteiger partial charge in [0.1, 0.15) is 41.3 Å². The molecule has 3 heterocycles. The number of nitrogens with zero attached hydrogens (tertiary/aromatic N) is 2. The molecule has 3 aliphatic heterocycles. The van der Waals surface area contributed by atoms with E-state index in [0.29, 0.717) is 69.1 Å². The number of esters is 1. The summed E-state index contributed by atoms with van der Waals surface area (Å²) in [5, 5.41) is 56.9. The first kappa shape index (κ1) is 77.7. The van der Waals surface area contributed by atoms with Gasteiger partial charge in [-0.1, -0.05) is 94.8 Å². The van der Waals surface area contributed by atoms with Crippen molar-refractivity contribution in [2.75, 3.05) is 47.6 Å². The molecule has 0 spiro atoms. The van der Waals surface area contributed by atoms with Crippen molar-refractivity contribution in [1.29, 1.82) is 0 Å². The third-order valence-electron chi connectivity index (χ3n) is 19.7. The van der Waals surface area contributed by atoms with Crippen LogP contribution in [0.5, 0.6) is 5.75 Å². The maximum absolute atomic E-state index is 14.7. The number of Topliss-reactive ketones (excluding diaryl/α,β-unsaturated/α-hetero) is 4.